The molecule has 3 nitrogen and oxygen atoms in total. The third kappa shape index (κ3) is 1.90. The molecule has 1 aromatic heterocycles. The van der Waals surface area contributed by atoms with Gasteiger partial charge in [0, 0.05) is 23.1 Å². The summed E-state index contributed by atoms with van der Waals surface area (Å²) in [7, 11) is 1.46. The van der Waals surface area contributed by atoms with Gasteiger partial charge in [0.2, 0.25) is 0 Å². The minimum absolute atomic E-state index is 0. The number of pyridine rings is 1. The Labute approximate surface area is 69.7 Å². The molecule has 0 aliphatic carbocycles. The van der Waals surface area contributed by atoms with E-state index in [0.29, 0.717) is 10.6 Å². The van der Waals surface area contributed by atoms with E-state index >= 15 is 0 Å². The Morgan fingerprint density at radius 3 is 2.60 bits per heavy atom. The molecule has 1 rings (SSSR count). The first kappa shape index (κ1) is 9.27. The summed E-state index contributed by atoms with van der Waals surface area (Å²) in [5.41, 5.74) is 0. The molecule has 0 aliphatic heterocycles. The van der Waals surface area contributed by atoms with Crippen molar-refractivity contribution in [2.45, 2.75) is 0 Å². The first-order valence-electron chi connectivity index (χ1n) is 2.57. The van der Waals surface area contributed by atoms with Crippen LogP contribution in [0.4, 0.5) is 0 Å². The second kappa shape index (κ2) is 4.14. The zero-order valence-corrected chi connectivity index (χ0v) is 6.53. The first-order valence-corrected chi connectivity index (χ1v) is 2.57. The molecule has 0 amide bonds. The largest absolute Gasteiger partial charge is 0.616 e. The minimum Gasteiger partial charge on any atom is -0.616 e. The zero-order chi connectivity index (χ0) is 6.69. The molecular formula is C6H7FeNO2. The Balaban J connectivity index is 0.000000810. The van der Waals surface area contributed by atoms with E-state index in [4.69, 9.17) is 4.74 Å². The standard InChI is InChI=1S/C6H7NO2.Fe/c1-9-6-4-2-3-5-7(6)8;/h2-5H,1H3;. The molecule has 0 atom stereocenters. The van der Waals surface area contributed by atoms with E-state index in [1.165, 1.54) is 13.3 Å². The van der Waals surface area contributed by atoms with Crippen LogP contribution >= 0.6 is 0 Å². The average molecular weight is 181 g/mol. The van der Waals surface area contributed by atoms with E-state index in [2.05, 4.69) is 0 Å². The van der Waals surface area contributed by atoms with Crippen LogP contribution in [0.1, 0.15) is 0 Å². The summed E-state index contributed by atoms with van der Waals surface area (Å²) in [6.07, 6.45) is 1.39. The molecule has 0 bridgehead atoms. The maximum Gasteiger partial charge on any atom is 0.379 e. The van der Waals surface area contributed by atoms with E-state index in [1.807, 2.05) is 0 Å². The zero-order valence-electron chi connectivity index (χ0n) is 5.43. The summed E-state index contributed by atoms with van der Waals surface area (Å²) in [6, 6.07) is 5.00. The molecule has 4 heteroatoms. The fourth-order valence-corrected chi connectivity index (χ4v) is 0.571. The molecule has 0 saturated carbocycles. The Hall–Kier alpha value is -0.731. The van der Waals surface area contributed by atoms with Crippen LogP contribution in [0.3, 0.4) is 0 Å². The number of hydrogen-bond acceptors (Lipinski definition) is 2. The summed E-state index contributed by atoms with van der Waals surface area (Å²) in [5, 5.41) is 10.6. The van der Waals surface area contributed by atoms with Crippen LogP contribution in [-0.4, -0.2) is 7.11 Å². The van der Waals surface area contributed by atoms with Crippen molar-refractivity contribution in [3.63, 3.8) is 0 Å². The Bertz CT molecular complexity index is 205. The van der Waals surface area contributed by atoms with Crippen molar-refractivity contribution in [2.75, 3.05) is 7.11 Å². The molecule has 1 heterocycles. The number of hydrogen-bond donors (Lipinski definition) is 0. The topological polar surface area (TPSA) is 36.2 Å². The molecule has 56 valence electrons. The van der Waals surface area contributed by atoms with Gasteiger partial charge in [-0.25, -0.2) is 0 Å². The van der Waals surface area contributed by atoms with Crippen molar-refractivity contribution in [3.05, 3.63) is 29.6 Å². The fourth-order valence-electron chi connectivity index (χ4n) is 0.571. The molecule has 0 aromatic carbocycles. The second-order valence-corrected chi connectivity index (χ2v) is 1.57. The second-order valence-electron chi connectivity index (χ2n) is 1.57. The van der Waals surface area contributed by atoms with Gasteiger partial charge < -0.3 is 9.94 Å². The van der Waals surface area contributed by atoms with E-state index in [1.54, 1.807) is 18.2 Å². The summed E-state index contributed by atoms with van der Waals surface area (Å²) < 4.78 is 5.36. The Morgan fingerprint density at radius 2 is 2.20 bits per heavy atom. The van der Waals surface area contributed by atoms with Gasteiger partial charge in [0.1, 0.15) is 0 Å². The molecule has 0 N–H and O–H groups in total. The number of aromatic nitrogens is 1. The van der Waals surface area contributed by atoms with Gasteiger partial charge in [-0.1, -0.05) is 0 Å². The van der Waals surface area contributed by atoms with E-state index in [0.717, 1.165) is 0 Å². The molecule has 0 aliphatic rings. The first-order chi connectivity index (χ1) is 4.34. The molecule has 0 fully saturated rings. The van der Waals surface area contributed by atoms with Gasteiger partial charge in [-0.05, 0) is 6.07 Å². The van der Waals surface area contributed by atoms with Crippen LogP contribution in [0.5, 0.6) is 5.88 Å². The Morgan fingerprint density at radius 1 is 1.50 bits per heavy atom. The van der Waals surface area contributed by atoms with Crippen molar-refractivity contribution < 1.29 is 26.5 Å². The molecule has 0 saturated heterocycles. The predicted molar refractivity (Wildman–Crippen MR) is 32.0 cm³/mol. The van der Waals surface area contributed by atoms with Crippen LogP contribution < -0.4 is 9.47 Å². The van der Waals surface area contributed by atoms with Crippen molar-refractivity contribution in [1.29, 1.82) is 0 Å². The maximum atomic E-state index is 10.6. The SMILES string of the molecule is COc1cccc[n+]1[O-].[Fe]. The van der Waals surface area contributed by atoms with Crippen LogP contribution in [0.2, 0.25) is 0 Å². The predicted octanol–water partition coefficient (Wildman–Crippen LogP) is 0.326. The van der Waals surface area contributed by atoms with Gasteiger partial charge in [0.05, 0.1) is 13.2 Å². The monoisotopic (exact) mass is 181 g/mol. The summed E-state index contributed by atoms with van der Waals surface area (Å²) >= 11 is 0. The third-order valence-electron chi connectivity index (χ3n) is 0.998. The third-order valence-corrected chi connectivity index (χ3v) is 0.998. The van der Waals surface area contributed by atoms with Crippen molar-refractivity contribution in [2.24, 2.45) is 0 Å². The van der Waals surface area contributed by atoms with Gasteiger partial charge in [-0.2, -0.15) is 0 Å². The minimum atomic E-state index is 0. The summed E-state index contributed by atoms with van der Waals surface area (Å²) in [6.45, 7) is 0. The van der Waals surface area contributed by atoms with Crippen LogP contribution in [0.25, 0.3) is 0 Å². The van der Waals surface area contributed by atoms with Gasteiger partial charge in [-0.3, -0.25) is 0 Å². The molecule has 0 radical (unpaired) electrons. The normalized spacial score (nSPS) is 8.10. The van der Waals surface area contributed by atoms with Gasteiger partial charge >= 0.3 is 5.88 Å². The van der Waals surface area contributed by atoms with Crippen molar-refractivity contribution in [3.8, 4) is 5.88 Å². The van der Waals surface area contributed by atoms with Crippen LogP contribution in [0, 0.1) is 5.21 Å². The Kier molecular flexibility index (Phi) is 3.84. The number of rotatable bonds is 1. The van der Waals surface area contributed by atoms with Gasteiger partial charge in [0.25, 0.3) is 0 Å². The summed E-state index contributed by atoms with van der Waals surface area (Å²) in [4.78, 5) is 0. The van der Waals surface area contributed by atoms with E-state index in [-0.39, 0.29) is 17.1 Å². The van der Waals surface area contributed by atoms with E-state index < -0.39 is 0 Å². The molecule has 1 aromatic rings. The van der Waals surface area contributed by atoms with E-state index in [9.17, 15) is 5.21 Å². The number of ether oxygens (including phenoxy) is 1. The van der Waals surface area contributed by atoms with Crippen molar-refractivity contribution in [1.82, 2.24) is 0 Å². The summed E-state index contributed by atoms with van der Waals surface area (Å²) in [5.74, 6) is 0.317. The van der Waals surface area contributed by atoms with Gasteiger partial charge in [0.15, 0.2) is 6.20 Å². The smallest absolute Gasteiger partial charge is 0.379 e. The molecule has 10 heavy (non-hydrogen) atoms. The maximum absolute atomic E-state index is 10.6. The molecular weight excluding hydrogens is 174 g/mol. The molecule has 0 spiro atoms. The number of nitrogens with zero attached hydrogens (tertiary/aromatic N) is 1. The van der Waals surface area contributed by atoms with Crippen LogP contribution in [-0.2, 0) is 17.1 Å². The van der Waals surface area contributed by atoms with Gasteiger partial charge in [-0.15, -0.1) is 4.73 Å². The molecule has 0 unspecified atom stereocenters. The quantitative estimate of drug-likeness (QED) is 0.355. The van der Waals surface area contributed by atoms with Crippen molar-refractivity contribution >= 4 is 0 Å². The average Bonchev–Trinajstić information content (AvgIpc) is 1.89. The fraction of sp³-hybridized carbons (Fsp3) is 0.167. The number of methoxy groups -OCH3 is 1. The van der Waals surface area contributed by atoms with Crippen LogP contribution in [0.15, 0.2) is 24.4 Å².